The number of hydrogen-bond acceptors (Lipinski definition) is 5. The second kappa shape index (κ2) is 8.55. The summed E-state index contributed by atoms with van der Waals surface area (Å²) in [5, 5.41) is 0. The van der Waals surface area contributed by atoms with E-state index in [1.54, 1.807) is 4.90 Å². The van der Waals surface area contributed by atoms with Gasteiger partial charge in [-0.15, -0.1) is 0 Å². The largest absolute Gasteiger partial charge is 0.491 e. The predicted molar refractivity (Wildman–Crippen MR) is 122 cm³/mol. The number of ether oxygens (including phenoxy) is 1. The molecule has 3 heterocycles. The van der Waals surface area contributed by atoms with Crippen LogP contribution in [0.2, 0.25) is 0 Å². The first kappa shape index (κ1) is 19.8. The molecule has 0 atom stereocenters. The highest BCUT2D eigenvalue weighted by atomic mass is 79.9. The zero-order valence-corrected chi connectivity index (χ0v) is 18.7. The zero-order valence-electron chi connectivity index (χ0n) is 17.1. The molecule has 158 valence electrons. The molecule has 6 nitrogen and oxygen atoms in total. The molecule has 1 amide bonds. The van der Waals surface area contributed by atoms with Crippen molar-refractivity contribution in [3.05, 3.63) is 46.6 Å². The highest BCUT2D eigenvalue weighted by molar-refractivity contribution is 9.10. The molecule has 0 bridgehead atoms. The zero-order chi connectivity index (χ0) is 20.5. The van der Waals surface area contributed by atoms with Crippen LogP contribution < -0.4 is 14.5 Å². The Morgan fingerprint density at radius 3 is 2.77 bits per heavy atom. The van der Waals surface area contributed by atoms with Crippen molar-refractivity contribution < 1.29 is 9.53 Å². The summed E-state index contributed by atoms with van der Waals surface area (Å²) in [5.41, 5.74) is 1.40. The van der Waals surface area contributed by atoms with Gasteiger partial charge in [0, 0.05) is 30.7 Å². The minimum Gasteiger partial charge on any atom is -0.491 e. The van der Waals surface area contributed by atoms with Gasteiger partial charge in [-0.05, 0) is 62.1 Å². The van der Waals surface area contributed by atoms with Crippen LogP contribution in [-0.2, 0) is 0 Å². The van der Waals surface area contributed by atoms with Gasteiger partial charge in [-0.2, -0.15) is 0 Å². The van der Waals surface area contributed by atoms with Crippen molar-refractivity contribution in [2.24, 2.45) is 5.92 Å². The summed E-state index contributed by atoms with van der Waals surface area (Å²) >= 11 is 3.44. The number of halogens is 1. The summed E-state index contributed by atoms with van der Waals surface area (Å²) in [6, 6.07) is 9.59. The van der Waals surface area contributed by atoms with Gasteiger partial charge in [0.15, 0.2) is 0 Å². The molecule has 2 fully saturated rings. The fourth-order valence-corrected chi connectivity index (χ4v) is 4.65. The maximum Gasteiger partial charge on any atom is 0.262 e. The van der Waals surface area contributed by atoms with E-state index in [9.17, 15) is 4.79 Å². The minimum atomic E-state index is -0.0463. The quantitative estimate of drug-likeness (QED) is 0.679. The predicted octanol–water partition coefficient (Wildman–Crippen LogP) is 3.81. The van der Waals surface area contributed by atoms with E-state index in [1.165, 1.54) is 32.4 Å². The molecule has 0 N–H and O–H groups in total. The van der Waals surface area contributed by atoms with Gasteiger partial charge in [-0.1, -0.05) is 15.9 Å². The lowest BCUT2D eigenvalue weighted by Gasteiger charge is -2.24. The van der Waals surface area contributed by atoms with Crippen LogP contribution in [0.15, 0.2) is 41.0 Å². The van der Waals surface area contributed by atoms with Crippen LogP contribution in [0.25, 0.3) is 0 Å². The summed E-state index contributed by atoms with van der Waals surface area (Å²) in [6.45, 7) is 6.56. The maximum absolute atomic E-state index is 13.1. The molecule has 0 radical (unpaired) electrons. The number of anilines is 2. The standard InChI is InChI=1S/C23H27BrN4O2/c24-18-4-6-20-21(14-18)30-13-12-28(23(20)29)19-5-7-22(25-15-19)27-9-1-8-26(10-11-27)16-17-2-3-17/h4-7,14-15,17H,1-3,8-13,16H2. The lowest BCUT2D eigenvalue weighted by Crippen LogP contribution is -2.33. The van der Waals surface area contributed by atoms with Crippen LogP contribution in [-0.4, -0.2) is 61.7 Å². The fourth-order valence-electron chi connectivity index (χ4n) is 4.31. The van der Waals surface area contributed by atoms with Crippen molar-refractivity contribution in [1.82, 2.24) is 9.88 Å². The normalized spacial score (nSPS) is 20.4. The number of rotatable bonds is 4. The lowest BCUT2D eigenvalue weighted by molar-refractivity contribution is 0.0989. The molecule has 1 aliphatic carbocycles. The van der Waals surface area contributed by atoms with Gasteiger partial charge < -0.3 is 19.4 Å². The Bertz CT molecular complexity index is 916. The number of carbonyl (C=O) groups is 1. The van der Waals surface area contributed by atoms with Gasteiger partial charge in [0.25, 0.3) is 5.91 Å². The molecule has 30 heavy (non-hydrogen) atoms. The van der Waals surface area contributed by atoms with Gasteiger partial charge in [-0.3, -0.25) is 4.79 Å². The third-order valence-corrected chi connectivity index (χ3v) is 6.65. The molecule has 5 rings (SSSR count). The topological polar surface area (TPSA) is 48.9 Å². The van der Waals surface area contributed by atoms with Crippen LogP contribution >= 0.6 is 15.9 Å². The number of hydrogen-bond donors (Lipinski definition) is 0. The first-order valence-corrected chi connectivity index (χ1v) is 11.6. The van der Waals surface area contributed by atoms with E-state index in [2.05, 4.69) is 25.7 Å². The Kier molecular flexibility index (Phi) is 5.65. The summed E-state index contributed by atoms with van der Waals surface area (Å²) < 4.78 is 6.70. The molecule has 0 unspecified atom stereocenters. The minimum absolute atomic E-state index is 0.0463. The highest BCUT2D eigenvalue weighted by Gasteiger charge is 2.27. The van der Waals surface area contributed by atoms with E-state index in [4.69, 9.17) is 9.72 Å². The number of benzene rings is 1. The maximum atomic E-state index is 13.1. The first-order valence-electron chi connectivity index (χ1n) is 10.8. The molecule has 0 spiro atoms. The van der Waals surface area contributed by atoms with Crippen molar-refractivity contribution in [3.8, 4) is 5.75 Å². The SMILES string of the molecule is O=C1c2ccc(Br)cc2OCCN1c1ccc(N2CCCN(CC3CC3)CC2)nc1. The number of pyridine rings is 1. The fraction of sp³-hybridized carbons (Fsp3) is 0.478. The lowest BCUT2D eigenvalue weighted by atomic mass is 10.1. The third kappa shape index (κ3) is 4.32. The first-order chi connectivity index (χ1) is 14.7. The van der Waals surface area contributed by atoms with Crippen LogP contribution in [0.3, 0.4) is 0 Å². The molecule has 2 aromatic rings. The van der Waals surface area contributed by atoms with E-state index in [1.807, 2.05) is 36.5 Å². The Balaban J connectivity index is 1.28. The van der Waals surface area contributed by atoms with E-state index in [0.29, 0.717) is 24.5 Å². The molecular formula is C23H27BrN4O2. The molecule has 1 aromatic heterocycles. The Morgan fingerprint density at radius 2 is 1.97 bits per heavy atom. The molecule has 3 aliphatic rings. The molecule has 2 aliphatic heterocycles. The number of nitrogens with zero attached hydrogens (tertiary/aromatic N) is 4. The smallest absolute Gasteiger partial charge is 0.262 e. The second-order valence-corrected chi connectivity index (χ2v) is 9.32. The number of fused-ring (bicyclic) bond motifs is 1. The average molecular weight is 471 g/mol. The van der Waals surface area contributed by atoms with Gasteiger partial charge in [-0.25, -0.2) is 4.98 Å². The summed E-state index contributed by atoms with van der Waals surface area (Å²) in [4.78, 5) is 24.6. The Labute approximate surface area is 185 Å². The van der Waals surface area contributed by atoms with Crippen LogP contribution in [0, 0.1) is 5.92 Å². The van der Waals surface area contributed by atoms with Crippen molar-refractivity contribution in [3.63, 3.8) is 0 Å². The van der Waals surface area contributed by atoms with E-state index in [-0.39, 0.29) is 5.91 Å². The molecule has 1 aromatic carbocycles. The van der Waals surface area contributed by atoms with Crippen molar-refractivity contribution in [2.75, 3.05) is 55.7 Å². The van der Waals surface area contributed by atoms with Gasteiger partial charge in [0.2, 0.25) is 0 Å². The average Bonchev–Trinajstić information content (AvgIpc) is 3.59. The van der Waals surface area contributed by atoms with Crippen LogP contribution in [0.1, 0.15) is 29.6 Å². The molecular weight excluding hydrogens is 444 g/mol. The summed E-state index contributed by atoms with van der Waals surface area (Å²) in [6.07, 6.45) is 5.81. The molecule has 1 saturated carbocycles. The third-order valence-electron chi connectivity index (χ3n) is 6.16. The summed E-state index contributed by atoms with van der Waals surface area (Å²) in [5.74, 6) is 2.52. The van der Waals surface area contributed by atoms with Crippen molar-refractivity contribution in [1.29, 1.82) is 0 Å². The second-order valence-electron chi connectivity index (χ2n) is 8.40. The monoisotopic (exact) mass is 470 g/mol. The van der Waals surface area contributed by atoms with Crippen molar-refractivity contribution >= 4 is 33.3 Å². The summed E-state index contributed by atoms with van der Waals surface area (Å²) in [7, 11) is 0. The number of amides is 1. The Hall–Kier alpha value is -2.12. The van der Waals surface area contributed by atoms with Crippen LogP contribution in [0.4, 0.5) is 11.5 Å². The number of carbonyl (C=O) groups excluding carboxylic acids is 1. The van der Waals surface area contributed by atoms with Crippen molar-refractivity contribution in [2.45, 2.75) is 19.3 Å². The van der Waals surface area contributed by atoms with E-state index < -0.39 is 0 Å². The number of aromatic nitrogens is 1. The van der Waals surface area contributed by atoms with Gasteiger partial charge in [0.1, 0.15) is 18.2 Å². The van der Waals surface area contributed by atoms with Crippen LogP contribution in [0.5, 0.6) is 5.75 Å². The molecule has 7 heteroatoms. The Morgan fingerprint density at radius 1 is 1.07 bits per heavy atom. The van der Waals surface area contributed by atoms with E-state index in [0.717, 1.165) is 41.5 Å². The highest BCUT2D eigenvalue weighted by Crippen LogP contribution is 2.31. The van der Waals surface area contributed by atoms with E-state index >= 15 is 0 Å². The molecule has 1 saturated heterocycles. The van der Waals surface area contributed by atoms with Gasteiger partial charge >= 0.3 is 0 Å². The van der Waals surface area contributed by atoms with Gasteiger partial charge in [0.05, 0.1) is 24.0 Å².